The summed E-state index contributed by atoms with van der Waals surface area (Å²) in [4.78, 5) is 22.0. The summed E-state index contributed by atoms with van der Waals surface area (Å²) in [6.07, 6.45) is -0.0706. The van der Waals surface area contributed by atoms with E-state index in [1.165, 1.54) is 0 Å². The maximum absolute atomic E-state index is 11.7. The summed E-state index contributed by atoms with van der Waals surface area (Å²) in [5, 5.41) is 11.0. The number of aryl methyl sites for hydroxylation is 1. The third kappa shape index (κ3) is 3.66. The van der Waals surface area contributed by atoms with Gasteiger partial charge in [0.15, 0.2) is 0 Å². The normalized spacial score (nSPS) is 9.88. The monoisotopic (exact) mass is 285 g/mol. The number of carbonyl (C=O) groups excluding carboxylic acids is 1. The SMILES string of the molecule is Cc1ccc(Br)cc1C(=O)NCCC(=O)O. The number of carboxylic acid groups (broad SMARTS) is 1. The Morgan fingerprint density at radius 2 is 2.12 bits per heavy atom. The van der Waals surface area contributed by atoms with Crippen molar-refractivity contribution in [2.24, 2.45) is 0 Å². The van der Waals surface area contributed by atoms with Gasteiger partial charge in [0.1, 0.15) is 0 Å². The van der Waals surface area contributed by atoms with Crippen molar-refractivity contribution in [2.45, 2.75) is 13.3 Å². The first kappa shape index (κ1) is 12.7. The first-order valence-electron chi connectivity index (χ1n) is 4.77. The molecule has 4 nitrogen and oxygen atoms in total. The number of carbonyl (C=O) groups is 2. The molecule has 0 saturated heterocycles. The number of hydrogen-bond acceptors (Lipinski definition) is 2. The van der Waals surface area contributed by atoms with Gasteiger partial charge in [0.05, 0.1) is 6.42 Å². The molecule has 0 atom stereocenters. The van der Waals surface area contributed by atoms with E-state index in [1.807, 2.05) is 19.1 Å². The second kappa shape index (κ2) is 5.65. The van der Waals surface area contributed by atoms with Gasteiger partial charge in [0, 0.05) is 16.6 Å². The lowest BCUT2D eigenvalue weighted by Gasteiger charge is -2.06. The van der Waals surface area contributed by atoms with Crippen LogP contribution in [0.2, 0.25) is 0 Å². The van der Waals surface area contributed by atoms with Crippen LogP contribution in [0.15, 0.2) is 22.7 Å². The Morgan fingerprint density at radius 1 is 1.44 bits per heavy atom. The molecule has 0 unspecified atom stereocenters. The van der Waals surface area contributed by atoms with E-state index in [2.05, 4.69) is 21.2 Å². The molecule has 1 amide bonds. The second-order valence-electron chi connectivity index (χ2n) is 3.36. The zero-order valence-corrected chi connectivity index (χ0v) is 10.4. The van der Waals surface area contributed by atoms with E-state index in [9.17, 15) is 9.59 Å². The zero-order valence-electron chi connectivity index (χ0n) is 8.79. The number of amides is 1. The highest BCUT2D eigenvalue weighted by atomic mass is 79.9. The van der Waals surface area contributed by atoms with Gasteiger partial charge in [-0.1, -0.05) is 22.0 Å². The maximum Gasteiger partial charge on any atom is 0.305 e. The summed E-state index contributed by atoms with van der Waals surface area (Å²) in [5.74, 6) is -1.17. The van der Waals surface area contributed by atoms with Crippen molar-refractivity contribution < 1.29 is 14.7 Å². The predicted molar refractivity (Wildman–Crippen MR) is 63.5 cm³/mol. The Morgan fingerprint density at radius 3 is 2.75 bits per heavy atom. The Hall–Kier alpha value is -1.36. The minimum Gasteiger partial charge on any atom is -0.481 e. The van der Waals surface area contributed by atoms with Crippen LogP contribution in [0.25, 0.3) is 0 Å². The first-order valence-corrected chi connectivity index (χ1v) is 5.56. The lowest BCUT2D eigenvalue weighted by atomic mass is 10.1. The molecule has 2 N–H and O–H groups in total. The van der Waals surface area contributed by atoms with Crippen LogP contribution in [0.1, 0.15) is 22.3 Å². The van der Waals surface area contributed by atoms with Crippen molar-refractivity contribution in [3.63, 3.8) is 0 Å². The summed E-state index contributed by atoms with van der Waals surface area (Å²) in [6, 6.07) is 5.39. The molecule has 0 fully saturated rings. The Labute approximate surface area is 102 Å². The van der Waals surface area contributed by atoms with Gasteiger partial charge in [-0.3, -0.25) is 9.59 Å². The van der Waals surface area contributed by atoms with Crippen molar-refractivity contribution in [1.82, 2.24) is 5.32 Å². The van der Waals surface area contributed by atoms with Crippen LogP contribution < -0.4 is 5.32 Å². The highest BCUT2D eigenvalue weighted by molar-refractivity contribution is 9.10. The molecule has 1 rings (SSSR count). The van der Waals surface area contributed by atoms with Crippen molar-refractivity contribution >= 4 is 27.8 Å². The predicted octanol–water partition coefficient (Wildman–Crippen LogP) is 1.96. The van der Waals surface area contributed by atoms with Gasteiger partial charge in [-0.15, -0.1) is 0 Å². The lowest BCUT2D eigenvalue weighted by molar-refractivity contribution is -0.136. The minimum absolute atomic E-state index is 0.0706. The third-order valence-corrected chi connectivity index (χ3v) is 2.56. The number of aliphatic carboxylic acids is 1. The molecular formula is C11H12BrNO3. The molecule has 1 aromatic carbocycles. The number of hydrogen-bond donors (Lipinski definition) is 2. The molecule has 5 heteroatoms. The van der Waals surface area contributed by atoms with E-state index in [0.717, 1.165) is 10.0 Å². The minimum atomic E-state index is -0.925. The molecule has 0 heterocycles. The molecule has 86 valence electrons. The number of rotatable bonds is 4. The molecule has 16 heavy (non-hydrogen) atoms. The summed E-state index contributed by atoms with van der Waals surface area (Å²) in [6.45, 7) is 1.97. The van der Waals surface area contributed by atoms with Crippen molar-refractivity contribution in [1.29, 1.82) is 0 Å². The molecule has 0 aliphatic rings. The summed E-state index contributed by atoms with van der Waals surface area (Å²) in [7, 11) is 0. The lowest BCUT2D eigenvalue weighted by Crippen LogP contribution is -2.26. The average Bonchev–Trinajstić information content (AvgIpc) is 2.21. The van der Waals surface area contributed by atoms with E-state index in [4.69, 9.17) is 5.11 Å². The molecular weight excluding hydrogens is 274 g/mol. The van der Waals surface area contributed by atoms with Crippen LogP contribution >= 0.6 is 15.9 Å². The second-order valence-corrected chi connectivity index (χ2v) is 4.27. The fourth-order valence-electron chi connectivity index (χ4n) is 1.22. The fraction of sp³-hybridized carbons (Fsp3) is 0.273. The molecule has 0 aliphatic heterocycles. The Kier molecular flexibility index (Phi) is 4.49. The van der Waals surface area contributed by atoms with Gasteiger partial charge in [-0.25, -0.2) is 0 Å². The number of carboxylic acids is 1. The molecule has 0 saturated carbocycles. The van der Waals surface area contributed by atoms with Crippen LogP contribution in [0.5, 0.6) is 0 Å². The van der Waals surface area contributed by atoms with Gasteiger partial charge in [-0.05, 0) is 24.6 Å². The molecule has 0 aliphatic carbocycles. The third-order valence-electron chi connectivity index (χ3n) is 2.07. The van der Waals surface area contributed by atoms with Crippen molar-refractivity contribution in [2.75, 3.05) is 6.54 Å². The number of benzene rings is 1. The van der Waals surface area contributed by atoms with E-state index in [-0.39, 0.29) is 18.9 Å². The summed E-state index contributed by atoms with van der Waals surface area (Å²) in [5.41, 5.74) is 1.41. The topological polar surface area (TPSA) is 66.4 Å². The van der Waals surface area contributed by atoms with E-state index >= 15 is 0 Å². The largest absolute Gasteiger partial charge is 0.481 e. The van der Waals surface area contributed by atoms with Gasteiger partial charge >= 0.3 is 5.97 Å². The van der Waals surface area contributed by atoms with E-state index in [0.29, 0.717) is 5.56 Å². The van der Waals surface area contributed by atoms with Crippen LogP contribution in [-0.2, 0) is 4.79 Å². The van der Waals surface area contributed by atoms with Crippen molar-refractivity contribution in [3.8, 4) is 0 Å². The van der Waals surface area contributed by atoms with Gasteiger partial charge < -0.3 is 10.4 Å². The van der Waals surface area contributed by atoms with Gasteiger partial charge in [0.25, 0.3) is 5.91 Å². The Bertz CT molecular complexity index is 418. The molecule has 1 aromatic rings. The maximum atomic E-state index is 11.7. The van der Waals surface area contributed by atoms with Crippen LogP contribution in [0.4, 0.5) is 0 Å². The quantitative estimate of drug-likeness (QED) is 0.889. The van der Waals surface area contributed by atoms with Gasteiger partial charge in [-0.2, -0.15) is 0 Å². The smallest absolute Gasteiger partial charge is 0.305 e. The fourth-order valence-corrected chi connectivity index (χ4v) is 1.58. The van der Waals surface area contributed by atoms with Crippen LogP contribution in [0, 0.1) is 6.92 Å². The van der Waals surface area contributed by atoms with Crippen LogP contribution in [-0.4, -0.2) is 23.5 Å². The molecule has 0 bridgehead atoms. The van der Waals surface area contributed by atoms with Gasteiger partial charge in [0.2, 0.25) is 0 Å². The molecule has 0 spiro atoms. The Balaban J connectivity index is 2.65. The first-order chi connectivity index (χ1) is 7.50. The molecule has 0 aromatic heterocycles. The van der Waals surface area contributed by atoms with Crippen LogP contribution in [0.3, 0.4) is 0 Å². The van der Waals surface area contributed by atoms with E-state index < -0.39 is 5.97 Å². The standard InChI is InChI=1S/C11H12BrNO3/c1-7-2-3-8(12)6-9(7)11(16)13-5-4-10(14)15/h2-3,6H,4-5H2,1H3,(H,13,16)(H,14,15). The number of nitrogens with one attached hydrogen (secondary N) is 1. The van der Waals surface area contributed by atoms with E-state index in [1.54, 1.807) is 6.07 Å². The highest BCUT2D eigenvalue weighted by Gasteiger charge is 2.09. The summed E-state index contributed by atoms with van der Waals surface area (Å²) < 4.78 is 0.821. The zero-order chi connectivity index (χ0) is 12.1. The van der Waals surface area contributed by atoms with Crippen molar-refractivity contribution in [3.05, 3.63) is 33.8 Å². The number of halogens is 1. The summed E-state index contributed by atoms with van der Waals surface area (Å²) >= 11 is 3.28. The highest BCUT2D eigenvalue weighted by Crippen LogP contribution is 2.15. The molecule has 0 radical (unpaired) electrons. The average molecular weight is 286 g/mol.